The van der Waals surface area contributed by atoms with Crippen molar-refractivity contribution in [3.05, 3.63) is 11.9 Å². The van der Waals surface area contributed by atoms with Gasteiger partial charge in [-0.25, -0.2) is 9.97 Å². The third kappa shape index (κ3) is 3.62. The summed E-state index contributed by atoms with van der Waals surface area (Å²) in [5, 5.41) is 13.5. The lowest BCUT2D eigenvalue weighted by atomic mass is 10.4. The third-order valence-corrected chi connectivity index (χ3v) is 5.05. The van der Waals surface area contributed by atoms with Gasteiger partial charge in [-0.05, 0) is 31.5 Å². The molecule has 2 aromatic rings. The summed E-state index contributed by atoms with van der Waals surface area (Å²) in [6, 6.07) is 1.98. The Bertz CT molecular complexity index is 623. The van der Waals surface area contributed by atoms with Gasteiger partial charge in [0.25, 0.3) is 0 Å². The summed E-state index contributed by atoms with van der Waals surface area (Å²) in [4.78, 5) is 11.2. The smallest absolute Gasteiger partial charge is 0.208 e. The molecule has 0 aromatic carbocycles. The Morgan fingerprint density at radius 1 is 1.33 bits per heavy atom. The van der Waals surface area contributed by atoms with E-state index in [1.165, 1.54) is 12.8 Å². The predicted octanol–water partition coefficient (Wildman–Crippen LogP) is 2.85. The first-order valence-corrected chi connectivity index (χ1v) is 8.60. The maximum absolute atomic E-state index is 4.66. The normalized spacial score (nSPS) is 14.2. The maximum atomic E-state index is 4.66. The zero-order valence-corrected chi connectivity index (χ0v) is 14.0. The van der Waals surface area contributed by atoms with E-state index >= 15 is 0 Å². The Kier molecular flexibility index (Phi) is 4.25. The molecule has 1 aliphatic rings. The van der Waals surface area contributed by atoms with E-state index in [-0.39, 0.29) is 0 Å². The predicted molar refractivity (Wildman–Crippen MR) is 86.5 cm³/mol. The number of aromatic nitrogens is 4. The van der Waals surface area contributed by atoms with Gasteiger partial charge in [0.1, 0.15) is 16.7 Å². The zero-order chi connectivity index (χ0) is 14.8. The molecule has 2 aromatic heterocycles. The number of rotatable bonds is 6. The van der Waals surface area contributed by atoms with Crippen LogP contribution in [0.2, 0.25) is 0 Å². The maximum Gasteiger partial charge on any atom is 0.208 e. The first-order valence-electron chi connectivity index (χ1n) is 6.97. The molecule has 1 saturated carbocycles. The third-order valence-electron chi connectivity index (χ3n) is 2.99. The van der Waals surface area contributed by atoms with Crippen LogP contribution in [-0.2, 0) is 0 Å². The van der Waals surface area contributed by atoms with Crippen LogP contribution in [0.15, 0.2) is 15.4 Å². The van der Waals surface area contributed by atoms with Crippen molar-refractivity contribution in [1.82, 2.24) is 20.2 Å². The Morgan fingerprint density at radius 2 is 2.14 bits per heavy atom. The van der Waals surface area contributed by atoms with Crippen molar-refractivity contribution in [1.29, 1.82) is 0 Å². The van der Waals surface area contributed by atoms with E-state index in [1.807, 2.05) is 25.1 Å². The molecule has 8 heteroatoms. The van der Waals surface area contributed by atoms with Gasteiger partial charge < -0.3 is 10.2 Å². The molecule has 1 N–H and O–H groups in total. The van der Waals surface area contributed by atoms with Gasteiger partial charge in [-0.1, -0.05) is 11.3 Å². The van der Waals surface area contributed by atoms with Gasteiger partial charge in [0, 0.05) is 32.6 Å². The molecule has 0 bridgehead atoms. The van der Waals surface area contributed by atoms with E-state index in [2.05, 4.69) is 32.4 Å². The van der Waals surface area contributed by atoms with Crippen molar-refractivity contribution < 1.29 is 0 Å². The largest absolute Gasteiger partial charge is 0.370 e. The number of hydrogen-bond acceptors (Lipinski definition) is 8. The number of hydrogen-bond donors (Lipinski definition) is 1. The molecule has 21 heavy (non-hydrogen) atoms. The Morgan fingerprint density at radius 3 is 2.76 bits per heavy atom. The van der Waals surface area contributed by atoms with E-state index in [4.69, 9.17) is 0 Å². The highest BCUT2D eigenvalue weighted by Gasteiger charge is 2.27. The zero-order valence-electron chi connectivity index (χ0n) is 12.3. The van der Waals surface area contributed by atoms with E-state index in [9.17, 15) is 0 Å². The molecule has 0 saturated heterocycles. The molecule has 0 spiro atoms. The van der Waals surface area contributed by atoms with Gasteiger partial charge in [0.15, 0.2) is 4.34 Å². The first kappa shape index (κ1) is 14.5. The molecule has 0 aliphatic heterocycles. The van der Waals surface area contributed by atoms with Crippen LogP contribution in [0, 0.1) is 0 Å². The molecule has 0 atom stereocenters. The minimum absolute atomic E-state index is 0.537. The summed E-state index contributed by atoms with van der Waals surface area (Å²) < 4.78 is 0.904. The summed E-state index contributed by atoms with van der Waals surface area (Å²) in [5.74, 6) is 2.39. The van der Waals surface area contributed by atoms with Crippen LogP contribution in [0.1, 0.15) is 31.5 Å². The summed E-state index contributed by atoms with van der Waals surface area (Å²) in [5.41, 5.74) is 0. The lowest BCUT2D eigenvalue weighted by molar-refractivity contribution is 0.875. The standard InChI is InChI=1S/C13H18N6S2/c1-4-14-9-7-10(16-11(15-9)8-5-6-8)20-13-18-17-12(21-13)19(2)3/h7-8H,4-6H2,1-3H3,(H,14,15,16). The Balaban J connectivity index is 1.82. The first-order chi connectivity index (χ1) is 10.2. The highest BCUT2D eigenvalue weighted by Crippen LogP contribution is 2.40. The van der Waals surface area contributed by atoms with Gasteiger partial charge in [-0.2, -0.15) is 0 Å². The molecule has 3 rings (SSSR count). The lowest BCUT2D eigenvalue weighted by Gasteiger charge is -2.07. The van der Waals surface area contributed by atoms with Crippen LogP contribution < -0.4 is 10.2 Å². The summed E-state index contributed by atoms with van der Waals surface area (Å²) >= 11 is 3.12. The van der Waals surface area contributed by atoms with Crippen molar-refractivity contribution >= 4 is 34.0 Å². The Hall–Kier alpha value is -1.41. The molecule has 2 heterocycles. The molecule has 112 valence electrons. The fourth-order valence-electron chi connectivity index (χ4n) is 1.80. The van der Waals surface area contributed by atoms with Gasteiger partial charge in [-0.3, -0.25) is 0 Å². The van der Waals surface area contributed by atoms with Crippen LogP contribution in [0.4, 0.5) is 10.9 Å². The topological polar surface area (TPSA) is 66.8 Å². The van der Waals surface area contributed by atoms with Crippen molar-refractivity contribution in [3.63, 3.8) is 0 Å². The molecule has 1 aliphatic carbocycles. The molecule has 1 fully saturated rings. The molecule has 0 unspecified atom stereocenters. The van der Waals surface area contributed by atoms with Gasteiger partial charge in [-0.15, -0.1) is 10.2 Å². The second-order valence-electron chi connectivity index (χ2n) is 5.10. The van der Waals surface area contributed by atoms with Crippen molar-refractivity contribution in [2.75, 3.05) is 30.9 Å². The molecular weight excluding hydrogens is 304 g/mol. The van der Waals surface area contributed by atoms with Crippen molar-refractivity contribution in [2.24, 2.45) is 0 Å². The van der Waals surface area contributed by atoms with E-state index in [1.54, 1.807) is 23.1 Å². The van der Waals surface area contributed by atoms with E-state index in [0.717, 1.165) is 32.7 Å². The molecular formula is C13H18N6S2. The second kappa shape index (κ2) is 6.15. The number of nitrogens with zero attached hydrogens (tertiary/aromatic N) is 5. The minimum Gasteiger partial charge on any atom is -0.370 e. The SMILES string of the molecule is CCNc1cc(Sc2nnc(N(C)C)s2)nc(C2CC2)n1. The highest BCUT2D eigenvalue weighted by molar-refractivity contribution is 8.01. The molecule has 6 nitrogen and oxygen atoms in total. The van der Waals surface area contributed by atoms with Crippen molar-refractivity contribution in [2.45, 2.75) is 35.0 Å². The van der Waals surface area contributed by atoms with Gasteiger partial charge >= 0.3 is 0 Å². The highest BCUT2D eigenvalue weighted by atomic mass is 32.2. The molecule has 0 amide bonds. The quantitative estimate of drug-likeness (QED) is 0.820. The van der Waals surface area contributed by atoms with Crippen LogP contribution in [0.25, 0.3) is 0 Å². The van der Waals surface area contributed by atoms with Crippen molar-refractivity contribution in [3.8, 4) is 0 Å². The van der Waals surface area contributed by atoms with E-state index in [0.29, 0.717) is 5.92 Å². The van der Waals surface area contributed by atoms with Crippen LogP contribution in [0.3, 0.4) is 0 Å². The Labute approximate surface area is 132 Å². The average Bonchev–Trinajstić information content (AvgIpc) is 3.19. The van der Waals surface area contributed by atoms with Crippen LogP contribution in [0.5, 0.6) is 0 Å². The average molecular weight is 322 g/mol. The fourth-order valence-corrected chi connectivity index (χ4v) is 3.52. The second-order valence-corrected chi connectivity index (χ2v) is 7.32. The molecule has 0 radical (unpaired) electrons. The minimum atomic E-state index is 0.537. The van der Waals surface area contributed by atoms with Gasteiger partial charge in [0.2, 0.25) is 5.13 Å². The van der Waals surface area contributed by atoms with Gasteiger partial charge in [0.05, 0.1) is 0 Å². The number of anilines is 2. The summed E-state index contributed by atoms with van der Waals surface area (Å²) in [6.07, 6.45) is 2.40. The fraction of sp³-hybridized carbons (Fsp3) is 0.538. The monoisotopic (exact) mass is 322 g/mol. The van der Waals surface area contributed by atoms with Crippen LogP contribution in [-0.4, -0.2) is 40.8 Å². The van der Waals surface area contributed by atoms with E-state index < -0.39 is 0 Å². The summed E-state index contributed by atoms with van der Waals surface area (Å²) in [7, 11) is 3.93. The summed E-state index contributed by atoms with van der Waals surface area (Å²) in [6.45, 7) is 2.93. The van der Waals surface area contributed by atoms with Crippen LogP contribution >= 0.6 is 23.1 Å². The lowest BCUT2D eigenvalue weighted by Crippen LogP contribution is -2.07. The number of nitrogens with one attached hydrogen (secondary N) is 1.